The summed E-state index contributed by atoms with van der Waals surface area (Å²) in [6.07, 6.45) is -0.986. The average Bonchev–Trinajstić information content (AvgIpc) is 2.67. The first-order chi connectivity index (χ1) is 13.0. The molecular weight excluding hydrogens is 348 g/mol. The predicted octanol–water partition coefficient (Wildman–Crippen LogP) is 2.39. The van der Waals surface area contributed by atoms with Crippen LogP contribution in [0.2, 0.25) is 0 Å². The summed E-state index contributed by atoms with van der Waals surface area (Å²) in [6.45, 7) is 3.53. The Morgan fingerprint density at radius 3 is 2.30 bits per heavy atom. The molecule has 142 valence electrons. The molecule has 0 spiro atoms. The van der Waals surface area contributed by atoms with Gasteiger partial charge in [0.1, 0.15) is 12.3 Å². The summed E-state index contributed by atoms with van der Waals surface area (Å²) in [7, 11) is 0. The van der Waals surface area contributed by atoms with Crippen molar-refractivity contribution in [2.24, 2.45) is 0 Å². The highest BCUT2D eigenvalue weighted by Gasteiger charge is 2.18. The van der Waals surface area contributed by atoms with Crippen LogP contribution < -0.4 is 15.4 Å². The summed E-state index contributed by atoms with van der Waals surface area (Å²) < 4.78 is 10.3. The van der Waals surface area contributed by atoms with E-state index < -0.39 is 23.9 Å². The fourth-order valence-corrected chi connectivity index (χ4v) is 2.18. The average molecular weight is 370 g/mol. The Labute approximate surface area is 157 Å². The van der Waals surface area contributed by atoms with E-state index >= 15 is 0 Å². The number of para-hydroxylation sites is 1. The zero-order valence-electron chi connectivity index (χ0n) is 15.2. The van der Waals surface area contributed by atoms with Gasteiger partial charge in [0.25, 0.3) is 11.8 Å². The van der Waals surface area contributed by atoms with Crippen molar-refractivity contribution in [3.63, 3.8) is 0 Å². The maximum atomic E-state index is 12.0. The minimum atomic E-state index is -0.986. The van der Waals surface area contributed by atoms with E-state index in [9.17, 15) is 14.4 Å². The van der Waals surface area contributed by atoms with E-state index in [2.05, 4.69) is 10.6 Å². The second-order valence-electron chi connectivity index (χ2n) is 5.63. The largest absolute Gasteiger partial charge is 0.494 e. The molecule has 2 N–H and O–H groups in total. The van der Waals surface area contributed by atoms with E-state index in [0.29, 0.717) is 23.6 Å². The first kappa shape index (κ1) is 20.0. The first-order valence-corrected chi connectivity index (χ1v) is 8.56. The van der Waals surface area contributed by atoms with Crippen molar-refractivity contribution in [3.05, 3.63) is 60.2 Å². The fourth-order valence-electron chi connectivity index (χ4n) is 2.18. The summed E-state index contributed by atoms with van der Waals surface area (Å²) >= 11 is 0. The maximum absolute atomic E-state index is 12.0. The molecule has 7 nitrogen and oxygen atoms in total. The molecule has 2 aromatic carbocycles. The van der Waals surface area contributed by atoms with Crippen LogP contribution in [0.4, 0.5) is 5.69 Å². The van der Waals surface area contributed by atoms with Gasteiger partial charge in [-0.1, -0.05) is 18.2 Å². The van der Waals surface area contributed by atoms with Gasteiger partial charge in [-0.15, -0.1) is 0 Å². The third-order valence-electron chi connectivity index (χ3n) is 3.54. The lowest BCUT2D eigenvalue weighted by Crippen LogP contribution is -2.35. The van der Waals surface area contributed by atoms with Crippen molar-refractivity contribution in [2.75, 3.05) is 18.5 Å². The molecule has 0 bridgehead atoms. The van der Waals surface area contributed by atoms with Crippen LogP contribution in [0.1, 0.15) is 24.2 Å². The van der Waals surface area contributed by atoms with E-state index in [1.165, 1.54) is 6.92 Å². The van der Waals surface area contributed by atoms with Gasteiger partial charge >= 0.3 is 5.97 Å². The number of hydrogen-bond donors (Lipinski definition) is 2. The standard InChI is InChI=1S/C20H22N2O5/c1-3-26-17-11-9-15(10-12-17)20(25)21-13-18(23)27-14(2)19(24)22-16-7-5-4-6-8-16/h4-12,14H,3,13H2,1-2H3,(H,21,25)(H,22,24). The maximum Gasteiger partial charge on any atom is 0.326 e. The predicted molar refractivity (Wildman–Crippen MR) is 101 cm³/mol. The molecule has 1 atom stereocenters. The van der Waals surface area contributed by atoms with Gasteiger partial charge < -0.3 is 20.1 Å². The van der Waals surface area contributed by atoms with Gasteiger partial charge in [0.15, 0.2) is 6.10 Å². The number of benzene rings is 2. The third kappa shape index (κ3) is 6.47. The second-order valence-corrected chi connectivity index (χ2v) is 5.63. The minimum Gasteiger partial charge on any atom is -0.494 e. The lowest BCUT2D eigenvalue weighted by atomic mass is 10.2. The van der Waals surface area contributed by atoms with Crippen LogP contribution in [0, 0.1) is 0 Å². The van der Waals surface area contributed by atoms with Crippen molar-refractivity contribution in [1.82, 2.24) is 5.32 Å². The summed E-state index contributed by atoms with van der Waals surface area (Å²) in [5.74, 6) is -0.916. The molecule has 0 aliphatic heterocycles. The van der Waals surface area contributed by atoms with Crippen molar-refractivity contribution in [3.8, 4) is 5.75 Å². The van der Waals surface area contributed by atoms with E-state index in [1.54, 1.807) is 48.5 Å². The van der Waals surface area contributed by atoms with E-state index in [4.69, 9.17) is 9.47 Å². The number of carbonyl (C=O) groups is 3. The molecule has 0 fully saturated rings. The number of rotatable bonds is 8. The Hall–Kier alpha value is -3.35. The summed E-state index contributed by atoms with van der Waals surface area (Å²) in [4.78, 5) is 35.9. The van der Waals surface area contributed by atoms with Gasteiger partial charge in [-0.05, 0) is 50.2 Å². The molecule has 0 aliphatic rings. The molecule has 0 aromatic heterocycles. The Kier molecular flexibility index (Phi) is 7.37. The number of nitrogens with one attached hydrogen (secondary N) is 2. The number of amides is 2. The SMILES string of the molecule is CCOc1ccc(C(=O)NCC(=O)OC(C)C(=O)Nc2ccccc2)cc1. The second kappa shape index (κ2) is 9.96. The van der Waals surface area contributed by atoms with Crippen molar-refractivity contribution in [2.45, 2.75) is 20.0 Å². The van der Waals surface area contributed by atoms with E-state index in [-0.39, 0.29) is 6.54 Å². The van der Waals surface area contributed by atoms with Crippen LogP contribution in [-0.4, -0.2) is 37.0 Å². The summed E-state index contributed by atoms with van der Waals surface area (Å²) in [5, 5.41) is 5.10. The molecule has 0 aliphatic carbocycles. The molecule has 2 rings (SSSR count). The minimum absolute atomic E-state index is 0.338. The van der Waals surface area contributed by atoms with Crippen LogP contribution in [0.3, 0.4) is 0 Å². The number of esters is 1. The number of anilines is 1. The third-order valence-corrected chi connectivity index (χ3v) is 3.54. The van der Waals surface area contributed by atoms with E-state index in [1.807, 2.05) is 13.0 Å². The monoisotopic (exact) mass is 370 g/mol. The Bertz CT molecular complexity index is 775. The van der Waals surface area contributed by atoms with Crippen molar-refractivity contribution >= 4 is 23.5 Å². The smallest absolute Gasteiger partial charge is 0.326 e. The normalized spacial score (nSPS) is 11.2. The molecule has 7 heteroatoms. The van der Waals surface area contributed by atoms with Gasteiger partial charge in [0, 0.05) is 11.3 Å². The van der Waals surface area contributed by atoms with Gasteiger partial charge in [0.05, 0.1) is 6.61 Å². The lowest BCUT2D eigenvalue weighted by molar-refractivity contribution is -0.152. The first-order valence-electron chi connectivity index (χ1n) is 8.56. The fraction of sp³-hybridized carbons (Fsp3) is 0.250. The Morgan fingerprint density at radius 2 is 1.67 bits per heavy atom. The topological polar surface area (TPSA) is 93.7 Å². The van der Waals surface area contributed by atoms with Crippen LogP contribution in [0.15, 0.2) is 54.6 Å². The Balaban J connectivity index is 1.77. The molecule has 0 saturated heterocycles. The van der Waals surface area contributed by atoms with Crippen LogP contribution in [0.25, 0.3) is 0 Å². The molecule has 2 amide bonds. The number of ether oxygens (including phenoxy) is 2. The lowest BCUT2D eigenvalue weighted by Gasteiger charge is -2.14. The van der Waals surface area contributed by atoms with Crippen molar-refractivity contribution in [1.29, 1.82) is 0 Å². The zero-order chi connectivity index (χ0) is 19.6. The highest BCUT2D eigenvalue weighted by molar-refractivity contribution is 5.97. The van der Waals surface area contributed by atoms with Crippen molar-refractivity contribution < 1.29 is 23.9 Å². The molecule has 0 heterocycles. The van der Waals surface area contributed by atoms with Gasteiger partial charge in [-0.3, -0.25) is 14.4 Å². The quantitative estimate of drug-likeness (QED) is 0.696. The van der Waals surface area contributed by atoms with Gasteiger partial charge in [0.2, 0.25) is 0 Å². The Morgan fingerprint density at radius 1 is 1.00 bits per heavy atom. The van der Waals surface area contributed by atoms with E-state index in [0.717, 1.165) is 0 Å². The molecule has 0 saturated carbocycles. The summed E-state index contributed by atoms with van der Waals surface area (Å²) in [5.41, 5.74) is 0.996. The van der Waals surface area contributed by atoms with Gasteiger partial charge in [-0.2, -0.15) is 0 Å². The highest BCUT2D eigenvalue weighted by Crippen LogP contribution is 2.12. The van der Waals surface area contributed by atoms with Crippen LogP contribution in [0.5, 0.6) is 5.75 Å². The van der Waals surface area contributed by atoms with Crippen LogP contribution >= 0.6 is 0 Å². The van der Waals surface area contributed by atoms with Gasteiger partial charge in [-0.25, -0.2) is 0 Å². The van der Waals surface area contributed by atoms with Crippen LogP contribution in [-0.2, 0) is 14.3 Å². The molecular formula is C20H22N2O5. The number of hydrogen-bond acceptors (Lipinski definition) is 5. The number of carbonyl (C=O) groups excluding carboxylic acids is 3. The molecule has 0 radical (unpaired) electrons. The molecule has 2 aromatic rings. The molecule has 27 heavy (non-hydrogen) atoms. The summed E-state index contributed by atoms with van der Waals surface area (Å²) in [6, 6.07) is 15.4. The zero-order valence-corrected chi connectivity index (χ0v) is 15.2. The highest BCUT2D eigenvalue weighted by atomic mass is 16.5. The molecule has 1 unspecified atom stereocenters.